The van der Waals surface area contributed by atoms with E-state index in [4.69, 9.17) is 5.11 Å². The van der Waals surface area contributed by atoms with E-state index < -0.39 is 0 Å². The molecule has 3 nitrogen and oxygen atoms in total. The van der Waals surface area contributed by atoms with E-state index in [2.05, 4.69) is 4.90 Å². The molecule has 0 saturated carbocycles. The van der Waals surface area contributed by atoms with Gasteiger partial charge < -0.3 is 5.11 Å². The van der Waals surface area contributed by atoms with Crippen LogP contribution in [0.5, 0.6) is 0 Å². The third-order valence-electron chi connectivity index (χ3n) is 3.41. The Bertz CT molecular complexity index is 207. The molecule has 3 heterocycles. The van der Waals surface area contributed by atoms with Crippen molar-refractivity contribution in [3.8, 4) is 0 Å². The van der Waals surface area contributed by atoms with Crippen LogP contribution in [-0.4, -0.2) is 41.5 Å². The molecule has 0 aliphatic carbocycles. The molecule has 3 aliphatic heterocycles. The Morgan fingerprint density at radius 2 is 2.17 bits per heavy atom. The predicted octanol–water partition coefficient (Wildman–Crippen LogP) is 0.0321. The Morgan fingerprint density at radius 3 is 2.58 bits per heavy atom. The summed E-state index contributed by atoms with van der Waals surface area (Å²) in [6.45, 7) is 3.99. The van der Waals surface area contributed by atoms with Crippen LogP contribution in [0.4, 0.5) is 0 Å². The highest BCUT2D eigenvalue weighted by Crippen LogP contribution is 2.39. The Balaban J connectivity index is 2.26. The Kier molecular flexibility index (Phi) is 1.73. The number of aliphatic hydroxyl groups is 1. The lowest BCUT2D eigenvalue weighted by Crippen LogP contribution is -2.61. The maximum absolute atomic E-state index is 11.7. The monoisotopic (exact) mass is 169 g/mol. The molecule has 3 fully saturated rings. The van der Waals surface area contributed by atoms with Gasteiger partial charge in [0.25, 0.3) is 0 Å². The fourth-order valence-electron chi connectivity index (χ4n) is 2.34. The van der Waals surface area contributed by atoms with Gasteiger partial charge in [-0.25, -0.2) is 0 Å². The quantitative estimate of drug-likeness (QED) is 0.602. The number of hydrogen-bond donors (Lipinski definition) is 1. The topological polar surface area (TPSA) is 40.5 Å². The molecule has 1 N–H and O–H groups in total. The van der Waals surface area contributed by atoms with E-state index >= 15 is 0 Å². The minimum absolute atomic E-state index is 0.00553. The summed E-state index contributed by atoms with van der Waals surface area (Å²) < 4.78 is 0. The normalized spacial score (nSPS) is 46.7. The first-order valence-electron chi connectivity index (χ1n) is 4.57. The number of ketones is 1. The summed E-state index contributed by atoms with van der Waals surface area (Å²) in [4.78, 5) is 13.8. The summed E-state index contributed by atoms with van der Waals surface area (Å²) in [5.74, 6) is 0.252. The molecule has 0 amide bonds. The maximum atomic E-state index is 11.7. The van der Waals surface area contributed by atoms with Crippen LogP contribution >= 0.6 is 0 Å². The summed E-state index contributed by atoms with van der Waals surface area (Å²) in [6, 6.07) is -0.197. The molecule has 3 rings (SSSR count). The number of carbonyl (C=O) groups is 1. The van der Waals surface area contributed by atoms with Crippen molar-refractivity contribution >= 4 is 5.78 Å². The van der Waals surface area contributed by atoms with Crippen molar-refractivity contribution in [3.63, 3.8) is 0 Å². The van der Waals surface area contributed by atoms with E-state index in [-0.39, 0.29) is 23.8 Å². The average Bonchev–Trinajstić information content (AvgIpc) is 2.08. The first kappa shape index (κ1) is 8.20. The number of Topliss-reactive ketones (excluding diaryl/α,β-unsaturated/α-hetero) is 1. The van der Waals surface area contributed by atoms with Gasteiger partial charge in [0, 0.05) is 5.41 Å². The number of piperidine rings is 3. The molecule has 3 aliphatic rings. The van der Waals surface area contributed by atoms with Gasteiger partial charge in [-0.05, 0) is 25.9 Å². The standard InChI is InChI=1S/C9H15NO2/c1-9-2-4-10(5-3-9)7(6-11)8(9)12/h7,11H,2-6H2,1H3. The molecule has 1 atom stereocenters. The van der Waals surface area contributed by atoms with Gasteiger partial charge in [-0.1, -0.05) is 6.92 Å². The highest BCUT2D eigenvalue weighted by atomic mass is 16.3. The number of fused-ring (bicyclic) bond motifs is 3. The third-order valence-corrected chi connectivity index (χ3v) is 3.41. The lowest BCUT2D eigenvalue weighted by molar-refractivity contribution is -0.148. The minimum Gasteiger partial charge on any atom is -0.394 e. The first-order valence-corrected chi connectivity index (χ1v) is 4.57. The fraction of sp³-hybridized carbons (Fsp3) is 0.889. The van der Waals surface area contributed by atoms with Crippen molar-refractivity contribution in [2.45, 2.75) is 25.8 Å². The molecular formula is C9H15NO2. The highest BCUT2D eigenvalue weighted by Gasteiger charge is 2.48. The number of carbonyl (C=O) groups excluding carboxylic acids is 1. The van der Waals surface area contributed by atoms with Gasteiger partial charge in [0.2, 0.25) is 0 Å². The Morgan fingerprint density at radius 1 is 1.58 bits per heavy atom. The van der Waals surface area contributed by atoms with E-state index in [1.54, 1.807) is 0 Å². The summed E-state index contributed by atoms with van der Waals surface area (Å²) in [7, 11) is 0. The van der Waals surface area contributed by atoms with E-state index in [0.29, 0.717) is 0 Å². The van der Waals surface area contributed by atoms with Gasteiger partial charge in [-0.3, -0.25) is 9.69 Å². The summed E-state index contributed by atoms with van der Waals surface area (Å²) >= 11 is 0. The molecule has 3 saturated heterocycles. The smallest absolute Gasteiger partial charge is 0.158 e. The molecule has 0 radical (unpaired) electrons. The van der Waals surface area contributed by atoms with E-state index in [9.17, 15) is 4.79 Å². The lowest BCUT2D eigenvalue weighted by Gasteiger charge is -2.49. The van der Waals surface area contributed by atoms with Gasteiger partial charge in [-0.2, -0.15) is 0 Å². The molecule has 0 aromatic rings. The lowest BCUT2D eigenvalue weighted by atomic mass is 9.70. The van der Waals surface area contributed by atoms with Crippen molar-refractivity contribution in [3.05, 3.63) is 0 Å². The molecule has 0 aromatic carbocycles. The minimum atomic E-state index is -0.197. The van der Waals surface area contributed by atoms with Crippen LogP contribution in [0.1, 0.15) is 19.8 Å². The molecule has 2 bridgehead atoms. The van der Waals surface area contributed by atoms with Crippen molar-refractivity contribution < 1.29 is 9.90 Å². The van der Waals surface area contributed by atoms with Crippen LogP contribution in [0.2, 0.25) is 0 Å². The molecule has 12 heavy (non-hydrogen) atoms. The number of aliphatic hydroxyl groups excluding tert-OH is 1. The van der Waals surface area contributed by atoms with Crippen molar-refractivity contribution in [1.82, 2.24) is 4.90 Å². The summed E-state index contributed by atoms with van der Waals surface area (Å²) in [5, 5.41) is 9.04. The van der Waals surface area contributed by atoms with Gasteiger partial charge >= 0.3 is 0 Å². The molecule has 1 unspecified atom stereocenters. The van der Waals surface area contributed by atoms with E-state index in [1.165, 1.54) is 0 Å². The van der Waals surface area contributed by atoms with Crippen LogP contribution in [0.15, 0.2) is 0 Å². The second kappa shape index (κ2) is 2.54. The largest absolute Gasteiger partial charge is 0.394 e. The van der Waals surface area contributed by atoms with Crippen LogP contribution < -0.4 is 0 Å². The van der Waals surface area contributed by atoms with Gasteiger partial charge in [-0.15, -0.1) is 0 Å². The molecule has 68 valence electrons. The van der Waals surface area contributed by atoms with Crippen molar-refractivity contribution in [1.29, 1.82) is 0 Å². The second-order valence-corrected chi connectivity index (χ2v) is 4.16. The molecule has 0 spiro atoms. The van der Waals surface area contributed by atoms with E-state index in [1.807, 2.05) is 6.92 Å². The summed E-state index contributed by atoms with van der Waals surface area (Å²) in [6.07, 6.45) is 1.95. The molecule has 0 aromatic heterocycles. The molecular weight excluding hydrogens is 154 g/mol. The Labute approximate surface area is 72.4 Å². The first-order chi connectivity index (χ1) is 5.67. The zero-order valence-electron chi connectivity index (χ0n) is 7.42. The fourth-order valence-corrected chi connectivity index (χ4v) is 2.34. The second-order valence-electron chi connectivity index (χ2n) is 4.16. The number of hydrogen-bond acceptors (Lipinski definition) is 3. The zero-order valence-corrected chi connectivity index (χ0v) is 7.42. The van der Waals surface area contributed by atoms with Gasteiger partial charge in [0.15, 0.2) is 5.78 Å². The molecule has 3 heteroatoms. The van der Waals surface area contributed by atoms with E-state index in [0.717, 1.165) is 25.9 Å². The zero-order chi connectivity index (χ0) is 8.77. The van der Waals surface area contributed by atoms with Gasteiger partial charge in [0.05, 0.1) is 12.6 Å². The number of nitrogens with zero attached hydrogens (tertiary/aromatic N) is 1. The Hall–Kier alpha value is -0.410. The van der Waals surface area contributed by atoms with Crippen LogP contribution in [0.25, 0.3) is 0 Å². The van der Waals surface area contributed by atoms with Crippen LogP contribution in [-0.2, 0) is 4.79 Å². The van der Waals surface area contributed by atoms with Crippen LogP contribution in [0, 0.1) is 5.41 Å². The van der Waals surface area contributed by atoms with Crippen LogP contribution in [0.3, 0.4) is 0 Å². The van der Waals surface area contributed by atoms with Crippen molar-refractivity contribution in [2.24, 2.45) is 5.41 Å². The third kappa shape index (κ3) is 0.930. The van der Waals surface area contributed by atoms with Gasteiger partial charge in [0.1, 0.15) is 0 Å². The number of rotatable bonds is 1. The predicted molar refractivity (Wildman–Crippen MR) is 44.8 cm³/mol. The average molecular weight is 169 g/mol. The highest BCUT2D eigenvalue weighted by molar-refractivity contribution is 5.91. The SMILES string of the molecule is CC12CCN(CC1)C(CO)C2=O. The summed E-state index contributed by atoms with van der Waals surface area (Å²) in [5.41, 5.74) is -0.123. The maximum Gasteiger partial charge on any atom is 0.158 e. The van der Waals surface area contributed by atoms with Crippen molar-refractivity contribution in [2.75, 3.05) is 19.7 Å².